The number of esters is 2. The minimum absolute atomic E-state index is 0.230. The molecule has 240 valence electrons. The Balaban J connectivity index is 1.34. The number of aromatic hydroxyl groups is 2. The fourth-order valence-corrected chi connectivity index (χ4v) is 6.14. The van der Waals surface area contributed by atoms with Gasteiger partial charge in [0, 0.05) is 12.8 Å². The predicted molar refractivity (Wildman–Crippen MR) is 184 cm³/mol. The molecule has 6 nitrogen and oxygen atoms in total. The quantitative estimate of drug-likeness (QED) is 0.132. The van der Waals surface area contributed by atoms with Crippen molar-refractivity contribution in [1.29, 1.82) is 0 Å². The van der Waals surface area contributed by atoms with Crippen LogP contribution < -0.4 is 9.47 Å². The topological polar surface area (TPSA) is 93.1 Å². The lowest BCUT2D eigenvalue weighted by molar-refractivity contribution is 0.0718. The summed E-state index contributed by atoms with van der Waals surface area (Å²) >= 11 is 0. The van der Waals surface area contributed by atoms with Crippen LogP contribution in [0.15, 0.2) is 78.9 Å². The van der Waals surface area contributed by atoms with E-state index in [1.54, 1.807) is 24.3 Å². The molecule has 47 heavy (non-hydrogen) atoms. The first-order valence-electron chi connectivity index (χ1n) is 15.6. The van der Waals surface area contributed by atoms with Crippen molar-refractivity contribution in [1.82, 2.24) is 0 Å². The van der Waals surface area contributed by atoms with Gasteiger partial charge in [-0.05, 0) is 117 Å². The molecule has 0 saturated heterocycles. The van der Waals surface area contributed by atoms with Gasteiger partial charge in [0.2, 0.25) is 0 Å². The smallest absolute Gasteiger partial charge is 0.343 e. The molecule has 0 atom stereocenters. The van der Waals surface area contributed by atoms with E-state index in [2.05, 4.69) is 0 Å². The molecule has 5 rings (SSSR count). The summed E-state index contributed by atoms with van der Waals surface area (Å²) in [6.07, 6.45) is 0.793. The summed E-state index contributed by atoms with van der Waals surface area (Å²) < 4.78 is 11.8. The highest BCUT2D eigenvalue weighted by Gasteiger charge is 2.20. The number of para-hydroxylation sites is 1. The van der Waals surface area contributed by atoms with Gasteiger partial charge >= 0.3 is 11.9 Å². The zero-order valence-electron chi connectivity index (χ0n) is 27.9. The Morgan fingerprint density at radius 2 is 0.894 bits per heavy atom. The number of aryl methyl sites for hydroxylation is 7. The van der Waals surface area contributed by atoms with E-state index >= 15 is 0 Å². The number of carbonyl (C=O) groups is 2. The molecule has 5 aromatic carbocycles. The zero-order valence-corrected chi connectivity index (χ0v) is 27.9. The van der Waals surface area contributed by atoms with Crippen molar-refractivity contribution in [3.8, 4) is 23.0 Å². The van der Waals surface area contributed by atoms with Crippen LogP contribution in [0.3, 0.4) is 0 Å². The lowest BCUT2D eigenvalue weighted by atomic mass is 9.96. The van der Waals surface area contributed by atoms with E-state index in [4.69, 9.17) is 9.47 Å². The second-order valence-electron chi connectivity index (χ2n) is 12.5. The van der Waals surface area contributed by atoms with Crippen molar-refractivity contribution >= 4 is 11.9 Å². The molecule has 0 aliphatic carbocycles. The molecular formula is C41H40O6. The van der Waals surface area contributed by atoms with Crippen LogP contribution in [0.25, 0.3) is 0 Å². The van der Waals surface area contributed by atoms with Crippen molar-refractivity contribution in [3.05, 3.63) is 151 Å². The maximum absolute atomic E-state index is 13.3. The SMILES string of the molecule is Cc1cc(C)c(O)c(Cc2cccc(C)c2OC(=O)c2ccc(C(=O)Oc3c(C)cc(C)cc3Cc3cc(C)cc(C)c3O)cc2)c1. The second-order valence-corrected chi connectivity index (χ2v) is 12.5. The summed E-state index contributed by atoms with van der Waals surface area (Å²) in [6, 6.07) is 23.5. The second kappa shape index (κ2) is 13.6. The molecule has 0 amide bonds. The van der Waals surface area contributed by atoms with Gasteiger partial charge in [-0.3, -0.25) is 0 Å². The average Bonchev–Trinajstić information content (AvgIpc) is 3.01. The van der Waals surface area contributed by atoms with Crippen LogP contribution >= 0.6 is 0 Å². The minimum Gasteiger partial charge on any atom is -0.507 e. The molecule has 0 bridgehead atoms. The standard InChI is InChI=1S/C41H40O6/c1-23-15-27(5)36(42)33(18-23)21-32-10-8-9-26(4)38(32)46-40(44)30-11-13-31(14-12-30)41(45)47-39-29(7)17-25(3)20-35(39)22-34-19-24(2)16-28(6)37(34)43/h8-20,42-43H,21-22H2,1-7H3. The third-order valence-electron chi connectivity index (χ3n) is 8.34. The molecule has 0 heterocycles. The van der Waals surface area contributed by atoms with Crippen LogP contribution in [-0.2, 0) is 12.8 Å². The Morgan fingerprint density at radius 1 is 0.489 bits per heavy atom. The van der Waals surface area contributed by atoms with E-state index in [0.29, 0.717) is 24.3 Å². The van der Waals surface area contributed by atoms with Crippen LogP contribution in [0.5, 0.6) is 23.0 Å². The summed E-state index contributed by atoms with van der Waals surface area (Å²) in [6.45, 7) is 13.4. The van der Waals surface area contributed by atoms with Crippen molar-refractivity contribution < 1.29 is 29.3 Å². The van der Waals surface area contributed by atoms with E-state index in [0.717, 1.165) is 61.2 Å². The Labute approximate surface area is 276 Å². The van der Waals surface area contributed by atoms with E-state index in [1.165, 1.54) is 0 Å². The summed E-state index contributed by atoms with van der Waals surface area (Å²) in [5.41, 5.74) is 9.92. The van der Waals surface area contributed by atoms with Crippen LogP contribution in [-0.4, -0.2) is 22.2 Å². The van der Waals surface area contributed by atoms with Gasteiger partial charge in [-0.25, -0.2) is 9.59 Å². The monoisotopic (exact) mass is 628 g/mol. The Kier molecular flexibility index (Phi) is 9.52. The maximum atomic E-state index is 13.3. The Bertz CT molecular complexity index is 2000. The Hall–Kier alpha value is -5.36. The number of hydrogen-bond donors (Lipinski definition) is 2. The average molecular weight is 629 g/mol. The van der Waals surface area contributed by atoms with Gasteiger partial charge in [0.05, 0.1) is 11.1 Å². The number of phenolic OH excluding ortho intramolecular Hbond substituents is 2. The van der Waals surface area contributed by atoms with Crippen LogP contribution in [0.4, 0.5) is 0 Å². The fraction of sp³-hybridized carbons (Fsp3) is 0.220. The van der Waals surface area contributed by atoms with Gasteiger partial charge in [-0.1, -0.05) is 71.3 Å². The van der Waals surface area contributed by atoms with E-state index in [1.807, 2.05) is 103 Å². The molecule has 2 N–H and O–H groups in total. The summed E-state index contributed by atoms with van der Waals surface area (Å²) in [7, 11) is 0. The summed E-state index contributed by atoms with van der Waals surface area (Å²) in [5.74, 6) is 0.234. The number of ether oxygens (including phenoxy) is 2. The fourth-order valence-electron chi connectivity index (χ4n) is 6.14. The number of carbonyl (C=O) groups excluding carboxylic acids is 2. The van der Waals surface area contributed by atoms with Crippen molar-refractivity contribution in [2.45, 2.75) is 61.3 Å². The van der Waals surface area contributed by atoms with Gasteiger partial charge in [0.25, 0.3) is 0 Å². The first-order valence-corrected chi connectivity index (χ1v) is 15.6. The molecule has 0 aliphatic rings. The zero-order chi connectivity index (χ0) is 34.0. The molecule has 5 aromatic rings. The first kappa shape index (κ1) is 33.0. The van der Waals surface area contributed by atoms with Crippen LogP contribution in [0, 0.1) is 48.5 Å². The van der Waals surface area contributed by atoms with Crippen molar-refractivity contribution in [2.24, 2.45) is 0 Å². The van der Waals surface area contributed by atoms with Gasteiger partial charge in [-0.2, -0.15) is 0 Å². The molecule has 6 heteroatoms. The maximum Gasteiger partial charge on any atom is 0.343 e. The van der Waals surface area contributed by atoms with E-state index in [-0.39, 0.29) is 22.6 Å². The molecule has 0 unspecified atom stereocenters. The van der Waals surface area contributed by atoms with Crippen molar-refractivity contribution in [3.63, 3.8) is 0 Å². The molecule has 0 radical (unpaired) electrons. The number of phenols is 2. The minimum atomic E-state index is -0.560. The number of benzene rings is 5. The van der Waals surface area contributed by atoms with Gasteiger partial charge in [0.1, 0.15) is 23.0 Å². The molecule has 0 aliphatic heterocycles. The molecule has 0 spiro atoms. The van der Waals surface area contributed by atoms with Gasteiger partial charge in [0.15, 0.2) is 0 Å². The van der Waals surface area contributed by atoms with Crippen molar-refractivity contribution in [2.75, 3.05) is 0 Å². The summed E-state index contributed by atoms with van der Waals surface area (Å²) in [5, 5.41) is 21.4. The lowest BCUT2D eigenvalue weighted by Gasteiger charge is -2.16. The number of rotatable bonds is 8. The Morgan fingerprint density at radius 3 is 1.38 bits per heavy atom. The molecule has 0 fully saturated rings. The lowest BCUT2D eigenvalue weighted by Crippen LogP contribution is -2.14. The highest BCUT2D eigenvalue weighted by molar-refractivity contribution is 5.95. The predicted octanol–water partition coefficient (Wildman–Crippen LogP) is 8.88. The van der Waals surface area contributed by atoms with Crippen LogP contribution in [0.2, 0.25) is 0 Å². The highest BCUT2D eigenvalue weighted by Crippen LogP contribution is 2.34. The van der Waals surface area contributed by atoms with Crippen LogP contribution in [0.1, 0.15) is 81.9 Å². The largest absolute Gasteiger partial charge is 0.507 e. The third-order valence-corrected chi connectivity index (χ3v) is 8.34. The normalized spacial score (nSPS) is 11.0. The van der Waals surface area contributed by atoms with E-state index in [9.17, 15) is 19.8 Å². The van der Waals surface area contributed by atoms with Gasteiger partial charge in [-0.15, -0.1) is 0 Å². The highest BCUT2D eigenvalue weighted by atomic mass is 16.5. The van der Waals surface area contributed by atoms with E-state index < -0.39 is 11.9 Å². The van der Waals surface area contributed by atoms with Gasteiger partial charge < -0.3 is 19.7 Å². The molecular weight excluding hydrogens is 588 g/mol. The first-order chi connectivity index (χ1) is 22.3. The third kappa shape index (κ3) is 7.39. The molecule has 0 saturated carbocycles. The number of hydrogen-bond acceptors (Lipinski definition) is 6. The molecule has 0 aromatic heterocycles. The summed E-state index contributed by atoms with van der Waals surface area (Å²) in [4.78, 5) is 26.6.